The molecule has 1 aromatic rings. The standard InChI is InChI=1S/C17H29N3S/c1-3-12(2)16-15(11-18)21-17(19-16)20-10-6-9-14(20)13-7-4-5-8-13/h12-14H,3-11,18H2,1-2H3. The Morgan fingerprint density at radius 1 is 1.29 bits per heavy atom. The van der Waals surface area contributed by atoms with E-state index in [1.54, 1.807) is 0 Å². The molecule has 1 aromatic heterocycles. The average molecular weight is 308 g/mol. The van der Waals surface area contributed by atoms with E-state index in [-0.39, 0.29) is 0 Å². The maximum atomic E-state index is 5.96. The van der Waals surface area contributed by atoms with Gasteiger partial charge < -0.3 is 10.6 Å². The zero-order valence-electron chi connectivity index (χ0n) is 13.5. The largest absolute Gasteiger partial charge is 0.345 e. The number of anilines is 1. The molecule has 118 valence electrons. The summed E-state index contributed by atoms with van der Waals surface area (Å²) < 4.78 is 0. The van der Waals surface area contributed by atoms with E-state index < -0.39 is 0 Å². The van der Waals surface area contributed by atoms with Crippen molar-refractivity contribution in [3.63, 3.8) is 0 Å². The second kappa shape index (κ2) is 6.66. The fourth-order valence-electron chi connectivity index (χ4n) is 4.06. The van der Waals surface area contributed by atoms with Gasteiger partial charge >= 0.3 is 0 Å². The van der Waals surface area contributed by atoms with E-state index in [1.165, 1.54) is 60.8 Å². The van der Waals surface area contributed by atoms with Gasteiger partial charge in [0.2, 0.25) is 0 Å². The van der Waals surface area contributed by atoms with Gasteiger partial charge in [0.15, 0.2) is 5.13 Å². The number of thiazole rings is 1. The lowest BCUT2D eigenvalue weighted by atomic mass is 9.96. The third kappa shape index (κ3) is 2.98. The second-order valence-corrected chi connectivity index (χ2v) is 7.83. The third-order valence-electron chi connectivity index (χ3n) is 5.47. The fraction of sp³-hybridized carbons (Fsp3) is 0.824. The van der Waals surface area contributed by atoms with Gasteiger partial charge in [-0.25, -0.2) is 4.98 Å². The van der Waals surface area contributed by atoms with Crippen LogP contribution in [0.25, 0.3) is 0 Å². The van der Waals surface area contributed by atoms with Gasteiger partial charge in [0.05, 0.1) is 5.69 Å². The molecule has 21 heavy (non-hydrogen) atoms. The molecular weight excluding hydrogens is 278 g/mol. The lowest BCUT2D eigenvalue weighted by molar-refractivity contribution is 0.430. The summed E-state index contributed by atoms with van der Waals surface area (Å²) in [7, 11) is 0. The first kappa shape index (κ1) is 15.3. The van der Waals surface area contributed by atoms with Crippen LogP contribution in [-0.4, -0.2) is 17.6 Å². The molecule has 2 unspecified atom stereocenters. The second-order valence-electron chi connectivity index (χ2n) is 6.77. The molecule has 4 heteroatoms. The van der Waals surface area contributed by atoms with Gasteiger partial charge in [-0.2, -0.15) is 0 Å². The van der Waals surface area contributed by atoms with Crippen LogP contribution in [0.3, 0.4) is 0 Å². The summed E-state index contributed by atoms with van der Waals surface area (Å²) in [6.45, 7) is 6.34. The van der Waals surface area contributed by atoms with Crippen LogP contribution in [0.1, 0.15) is 75.3 Å². The molecule has 0 amide bonds. The van der Waals surface area contributed by atoms with Crippen LogP contribution in [-0.2, 0) is 6.54 Å². The summed E-state index contributed by atoms with van der Waals surface area (Å²) >= 11 is 1.85. The predicted molar refractivity (Wildman–Crippen MR) is 91.0 cm³/mol. The SMILES string of the molecule is CCC(C)c1nc(N2CCCC2C2CCCC2)sc1CN. The Hall–Kier alpha value is -0.610. The lowest BCUT2D eigenvalue weighted by Gasteiger charge is -2.29. The van der Waals surface area contributed by atoms with Crippen molar-refractivity contribution in [1.82, 2.24) is 4.98 Å². The van der Waals surface area contributed by atoms with Crippen LogP contribution in [0.5, 0.6) is 0 Å². The highest BCUT2D eigenvalue weighted by Crippen LogP contribution is 2.40. The molecule has 2 heterocycles. The normalized spacial score (nSPS) is 24.9. The van der Waals surface area contributed by atoms with Gasteiger partial charge in [-0.15, -0.1) is 11.3 Å². The molecule has 0 radical (unpaired) electrons. The minimum atomic E-state index is 0.529. The number of aromatic nitrogens is 1. The van der Waals surface area contributed by atoms with Crippen LogP contribution in [0.15, 0.2) is 0 Å². The molecule has 1 saturated heterocycles. The monoisotopic (exact) mass is 307 g/mol. The highest BCUT2D eigenvalue weighted by Gasteiger charge is 2.35. The van der Waals surface area contributed by atoms with Crippen LogP contribution in [0, 0.1) is 5.92 Å². The number of rotatable bonds is 5. The van der Waals surface area contributed by atoms with Gasteiger partial charge in [-0.3, -0.25) is 0 Å². The zero-order valence-corrected chi connectivity index (χ0v) is 14.3. The molecule has 1 aliphatic carbocycles. The van der Waals surface area contributed by atoms with Crippen LogP contribution < -0.4 is 10.6 Å². The Balaban J connectivity index is 1.83. The molecule has 1 saturated carbocycles. The van der Waals surface area contributed by atoms with Crippen molar-refractivity contribution in [3.8, 4) is 0 Å². The van der Waals surface area contributed by atoms with Crippen molar-refractivity contribution in [2.45, 2.75) is 77.3 Å². The smallest absolute Gasteiger partial charge is 0.186 e. The Labute approximate surface area is 132 Å². The zero-order chi connectivity index (χ0) is 14.8. The van der Waals surface area contributed by atoms with Gasteiger partial charge in [0, 0.05) is 24.0 Å². The van der Waals surface area contributed by atoms with E-state index in [1.807, 2.05) is 11.3 Å². The average Bonchev–Trinajstić information content (AvgIpc) is 3.22. The highest BCUT2D eigenvalue weighted by molar-refractivity contribution is 7.15. The van der Waals surface area contributed by atoms with E-state index in [4.69, 9.17) is 10.7 Å². The molecule has 3 nitrogen and oxygen atoms in total. The Kier molecular flexibility index (Phi) is 4.85. The molecule has 0 bridgehead atoms. The number of nitrogens with zero attached hydrogens (tertiary/aromatic N) is 2. The van der Waals surface area contributed by atoms with E-state index in [0.29, 0.717) is 12.5 Å². The van der Waals surface area contributed by atoms with Gasteiger partial charge in [0.25, 0.3) is 0 Å². The van der Waals surface area contributed by atoms with Crippen molar-refractivity contribution in [2.75, 3.05) is 11.4 Å². The minimum Gasteiger partial charge on any atom is -0.345 e. The molecule has 3 rings (SSSR count). The molecule has 2 atom stereocenters. The highest BCUT2D eigenvalue weighted by atomic mass is 32.1. The van der Waals surface area contributed by atoms with Crippen molar-refractivity contribution < 1.29 is 0 Å². The Morgan fingerprint density at radius 3 is 2.71 bits per heavy atom. The van der Waals surface area contributed by atoms with Crippen molar-refractivity contribution in [2.24, 2.45) is 11.7 Å². The number of nitrogens with two attached hydrogens (primary N) is 1. The van der Waals surface area contributed by atoms with Crippen molar-refractivity contribution in [1.29, 1.82) is 0 Å². The lowest BCUT2D eigenvalue weighted by Crippen LogP contribution is -2.34. The summed E-state index contributed by atoms with van der Waals surface area (Å²) in [5, 5.41) is 1.25. The molecule has 2 N–H and O–H groups in total. The maximum Gasteiger partial charge on any atom is 0.186 e. The summed E-state index contributed by atoms with van der Waals surface area (Å²) in [5.74, 6) is 1.44. The minimum absolute atomic E-state index is 0.529. The molecule has 0 spiro atoms. The van der Waals surface area contributed by atoms with Gasteiger partial charge in [-0.05, 0) is 43.9 Å². The summed E-state index contributed by atoms with van der Waals surface area (Å²) in [4.78, 5) is 8.94. The van der Waals surface area contributed by atoms with Crippen LogP contribution >= 0.6 is 11.3 Å². The first-order valence-corrected chi connectivity index (χ1v) is 9.52. The summed E-state index contributed by atoms with van der Waals surface area (Å²) in [6.07, 6.45) is 9.54. The fourth-order valence-corrected chi connectivity index (χ4v) is 5.20. The molecule has 1 aliphatic heterocycles. The maximum absolute atomic E-state index is 5.96. The van der Waals surface area contributed by atoms with Crippen LogP contribution in [0.4, 0.5) is 5.13 Å². The van der Waals surface area contributed by atoms with Crippen molar-refractivity contribution >= 4 is 16.5 Å². The number of hydrogen-bond acceptors (Lipinski definition) is 4. The summed E-state index contributed by atoms with van der Waals surface area (Å²) in [5.41, 5.74) is 7.23. The van der Waals surface area contributed by atoms with E-state index >= 15 is 0 Å². The quantitative estimate of drug-likeness (QED) is 0.883. The molecule has 0 aromatic carbocycles. The molecule has 2 aliphatic rings. The first-order valence-electron chi connectivity index (χ1n) is 8.70. The Bertz CT molecular complexity index is 465. The van der Waals surface area contributed by atoms with E-state index in [9.17, 15) is 0 Å². The van der Waals surface area contributed by atoms with Crippen LogP contribution in [0.2, 0.25) is 0 Å². The molecular formula is C17H29N3S. The third-order valence-corrected chi connectivity index (χ3v) is 6.60. The Morgan fingerprint density at radius 2 is 2.05 bits per heavy atom. The van der Waals surface area contributed by atoms with Gasteiger partial charge in [0.1, 0.15) is 0 Å². The first-order chi connectivity index (χ1) is 10.2. The number of hydrogen-bond donors (Lipinski definition) is 1. The van der Waals surface area contributed by atoms with Crippen molar-refractivity contribution in [3.05, 3.63) is 10.6 Å². The summed E-state index contributed by atoms with van der Waals surface area (Å²) in [6, 6.07) is 0.744. The molecule has 2 fully saturated rings. The predicted octanol–water partition coefficient (Wildman–Crippen LogP) is 4.27. The van der Waals surface area contributed by atoms with E-state index in [0.717, 1.165) is 18.4 Å². The van der Waals surface area contributed by atoms with Gasteiger partial charge in [-0.1, -0.05) is 26.7 Å². The topological polar surface area (TPSA) is 42.2 Å². The van der Waals surface area contributed by atoms with E-state index in [2.05, 4.69) is 18.7 Å².